The van der Waals surface area contributed by atoms with Crippen LogP contribution in [0.3, 0.4) is 0 Å². The van der Waals surface area contributed by atoms with Gasteiger partial charge in [0.15, 0.2) is 0 Å². The zero-order chi connectivity index (χ0) is 17.3. The molecule has 0 bridgehead atoms. The highest BCUT2D eigenvalue weighted by atomic mass is 16.5. The van der Waals surface area contributed by atoms with Crippen LogP contribution < -0.4 is 4.74 Å². The van der Waals surface area contributed by atoms with E-state index >= 15 is 0 Å². The molecule has 1 spiro atoms. The van der Waals surface area contributed by atoms with Gasteiger partial charge in [-0.15, -0.1) is 0 Å². The molecular weight excluding hydrogens is 304 g/mol. The number of benzene rings is 1. The van der Waals surface area contributed by atoms with E-state index < -0.39 is 0 Å². The maximum absolute atomic E-state index is 5.57. The van der Waals surface area contributed by atoms with Crippen molar-refractivity contribution in [3.8, 4) is 5.75 Å². The van der Waals surface area contributed by atoms with Crippen LogP contribution in [-0.2, 0) is 0 Å². The van der Waals surface area contributed by atoms with Crippen LogP contribution in [-0.4, -0.2) is 6.61 Å². The van der Waals surface area contributed by atoms with E-state index in [1.165, 1.54) is 56.9 Å². The molecule has 3 saturated carbocycles. The largest absolute Gasteiger partial charge is 0.494 e. The lowest BCUT2D eigenvalue weighted by atomic mass is 9.45. The van der Waals surface area contributed by atoms with Crippen molar-refractivity contribution in [2.45, 2.75) is 84.0 Å². The lowest BCUT2D eigenvalue weighted by Crippen LogP contribution is -2.49. The lowest BCUT2D eigenvalue weighted by molar-refractivity contribution is -0.0726. The van der Waals surface area contributed by atoms with Gasteiger partial charge >= 0.3 is 0 Å². The summed E-state index contributed by atoms with van der Waals surface area (Å²) in [5.41, 5.74) is 2.28. The van der Waals surface area contributed by atoms with E-state index in [4.69, 9.17) is 4.74 Å². The Kier molecular flexibility index (Phi) is 5.11. The minimum atomic E-state index is 0.744. The first-order valence-electron chi connectivity index (χ1n) is 10.9. The van der Waals surface area contributed by atoms with Gasteiger partial charge < -0.3 is 4.74 Å². The Bertz CT molecular complexity index is 538. The van der Waals surface area contributed by atoms with Gasteiger partial charge in [-0.3, -0.25) is 0 Å². The normalized spacial score (nSPS) is 37.4. The molecule has 0 heterocycles. The first-order chi connectivity index (χ1) is 12.2. The highest BCUT2D eigenvalue weighted by molar-refractivity contribution is 5.32. The topological polar surface area (TPSA) is 9.23 Å². The van der Waals surface area contributed by atoms with Crippen molar-refractivity contribution in [2.75, 3.05) is 6.61 Å². The summed E-state index contributed by atoms with van der Waals surface area (Å²) in [4.78, 5) is 0. The molecule has 0 amide bonds. The second-order valence-corrected chi connectivity index (χ2v) is 9.35. The average molecular weight is 341 g/mol. The average Bonchev–Trinajstić information content (AvgIpc) is 2.56. The lowest BCUT2D eigenvalue weighted by Gasteiger charge is -2.60. The van der Waals surface area contributed by atoms with E-state index in [9.17, 15) is 0 Å². The van der Waals surface area contributed by atoms with Gasteiger partial charge in [0.1, 0.15) is 5.75 Å². The molecule has 3 fully saturated rings. The Morgan fingerprint density at radius 3 is 2.16 bits per heavy atom. The summed E-state index contributed by atoms with van der Waals surface area (Å²) in [6, 6.07) is 8.91. The highest BCUT2D eigenvalue weighted by Crippen LogP contribution is 2.66. The van der Waals surface area contributed by atoms with Crippen molar-refractivity contribution < 1.29 is 4.74 Å². The predicted octanol–water partition coefficient (Wildman–Crippen LogP) is 6.97. The summed E-state index contributed by atoms with van der Waals surface area (Å²) in [5.74, 6) is 5.04. The van der Waals surface area contributed by atoms with Crippen molar-refractivity contribution in [3.05, 3.63) is 29.8 Å². The fourth-order valence-corrected chi connectivity index (χ4v) is 6.30. The van der Waals surface area contributed by atoms with E-state index in [2.05, 4.69) is 31.2 Å². The molecule has 1 aromatic rings. The monoisotopic (exact) mass is 340 g/mol. The standard InChI is InChI=1S/C24H36O/c1-3-5-18-6-8-19(9-7-18)21-14-24(15-21)16-22(17-24)20-10-12-23(13-11-20)25-4-2/h10-13,18-19,21-22H,3-9,14-17H2,1-2H3/t18-,19-,21?,22?,24?. The maximum Gasteiger partial charge on any atom is 0.119 e. The zero-order valence-electron chi connectivity index (χ0n) is 16.3. The van der Waals surface area contributed by atoms with Gasteiger partial charge in [-0.05, 0) is 92.2 Å². The van der Waals surface area contributed by atoms with Gasteiger partial charge in [-0.25, -0.2) is 0 Å². The van der Waals surface area contributed by atoms with Gasteiger partial charge in [0.05, 0.1) is 6.61 Å². The molecule has 0 unspecified atom stereocenters. The molecule has 1 aromatic carbocycles. The summed E-state index contributed by atoms with van der Waals surface area (Å²) < 4.78 is 5.57. The van der Waals surface area contributed by atoms with E-state index in [1.807, 2.05) is 6.92 Å². The van der Waals surface area contributed by atoms with Crippen molar-refractivity contribution >= 4 is 0 Å². The van der Waals surface area contributed by atoms with Crippen LogP contribution in [0.25, 0.3) is 0 Å². The summed E-state index contributed by atoms with van der Waals surface area (Å²) >= 11 is 0. The molecule has 1 nitrogen and oxygen atoms in total. The number of hydrogen-bond acceptors (Lipinski definition) is 1. The summed E-state index contributed by atoms with van der Waals surface area (Å²) in [6.07, 6.45) is 15.0. The van der Waals surface area contributed by atoms with Crippen molar-refractivity contribution in [1.82, 2.24) is 0 Å². The SMILES string of the molecule is CCC[C@H]1CC[C@H](C2CC3(CC(c4ccc(OCC)cc4)C3)C2)CC1. The van der Waals surface area contributed by atoms with Gasteiger partial charge in [0.25, 0.3) is 0 Å². The number of rotatable bonds is 6. The smallest absolute Gasteiger partial charge is 0.119 e. The second kappa shape index (κ2) is 7.33. The Balaban J connectivity index is 1.21. The van der Waals surface area contributed by atoms with Crippen LogP contribution in [0.2, 0.25) is 0 Å². The molecule has 4 rings (SSSR count). The maximum atomic E-state index is 5.57. The Morgan fingerprint density at radius 2 is 1.56 bits per heavy atom. The van der Waals surface area contributed by atoms with E-state index in [0.717, 1.165) is 41.4 Å². The minimum absolute atomic E-state index is 0.744. The number of ether oxygens (including phenoxy) is 1. The third-order valence-electron chi connectivity index (χ3n) is 7.67. The Hall–Kier alpha value is -0.980. The van der Waals surface area contributed by atoms with Crippen LogP contribution in [0.1, 0.15) is 89.5 Å². The molecular formula is C24H36O. The van der Waals surface area contributed by atoms with Crippen molar-refractivity contribution in [2.24, 2.45) is 23.2 Å². The van der Waals surface area contributed by atoms with Crippen LogP contribution in [0.5, 0.6) is 5.75 Å². The summed E-state index contributed by atoms with van der Waals surface area (Å²) in [5, 5.41) is 0. The van der Waals surface area contributed by atoms with E-state index in [1.54, 1.807) is 12.8 Å². The fourth-order valence-electron chi connectivity index (χ4n) is 6.30. The van der Waals surface area contributed by atoms with Crippen LogP contribution in [0.4, 0.5) is 0 Å². The van der Waals surface area contributed by atoms with E-state index in [-0.39, 0.29) is 0 Å². The van der Waals surface area contributed by atoms with Crippen LogP contribution >= 0.6 is 0 Å². The minimum Gasteiger partial charge on any atom is -0.494 e. The molecule has 0 atom stereocenters. The first kappa shape index (κ1) is 17.4. The molecule has 1 heteroatoms. The molecule has 0 aliphatic heterocycles. The van der Waals surface area contributed by atoms with Crippen LogP contribution in [0, 0.1) is 23.2 Å². The second-order valence-electron chi connectivity index (χ2n) is 9.35. The molecule has 0 radical (unpaired) electrons. The molecule has 0 saturated heterocycles. The summed E-state index contributed by atoms with van der Waals surface area (Å²) in [6.45, 7) is 5.15. The quantitative estimate of drug-likeness (QED) is 0.543. The number of hydrogen-bond donors (Lipinski definition) is 0. The highest BCUT2D eigenvalue weighted by Gasteiger charge is 2.54. The Labute approximate surface area is 154 Å². The predicted molar refractivity (Wildman–Crippen MR) is 105 cm³/mol. The van der Waals surface area contributed by atoms with Crippen LogP contribution in [0.15, 0.2) is 24.3 Å². The third-order valence-corrected chi connectivity index (χ3v) is 7.67. The molecule has 0 N–H and O–H groups in total. The molecule has 3 aliphatic rings. The third kappa shape index (κ3) is 3.62. The van der Waals surface area contributed by atoms with Gasteiger partial charge in [0.2, 0.25) is 0 Å². The van der Waals surface area contributed by atoms with Crippen molar-refractivity contribution in [3.63, 3.8) is 0 Å². The van der Waals surface area contributed by atoms with Gasteiger partial charge in [0, 0.05) is 0 Å². The van der Waals surface area contributed by atoms with E-state index in [0.29, 0.717) is 0 Å². The zero-order valence-corrected chi connectivity index (χ0v) is 16.3. The van der Waals surface area contributed by atoms with Gasteiger partial charge in [-0.1, -0.05) is 44.7 Å². The molecule has 25 heavy (non-hydrogen) atoms. The fraction of sp³-hybridized carbons (Fsp3) is 0.750. The molecule has 138 valence electrons. The van der Waals surface area contributed by atoms with Crippen molar-refractivity contribution in [1.29, 1.82) is 0 Å². The van der Waals surface area contributed by atoms with Gasteiger partial charge in [-0.2, -0.15) is 0 Å². The molecule has 0 aromatic heterocycles. The first-order valence-corrected chi connectivity index (χ1v) is 10.9. The Morgan fingerprint density at radius 1 is 0.880 bits per heavy atom. The molecule has 3 aliphatic carbocycles. The summed E-state index contributed by atoms with van der Waals surface area (Å²) in [7, 11) is 0.